The lowest BCUT2D eigenvalue weighted by atomic mass is 10.1. The summed E-state index contributed by atoms with van der Waals surface area (Å²) in [5, 5.41) is 0. The molecule has 0 radical (unpaired) electrons. The molecular formula is C12H21NO. The Morgan fingerprint density at radius 3 is 3.00 bits per heavy atom. The van der Waals surface area contributed by atoms with Crippen molar-refractivity contribution in [1.82, 2.24) is 4.90 Å². The summed E-state index contributed by atoms with van der Waals surface area (Å²) in [5.74, 6) is 2.69. The number of morpholine rings is 1. The van der Waals surface area contributed by atoms with Crippen molar-refractivity contribution in [2.75, 3.05) is 19.7 Å². The minimum atomic E-state index is 0.378. The highest BCUT2D eigenvalue weighted by Gasteiger charge is 2.24. The molecule has 2 nitrogen and oxygen atoms in total. The van der Waals surface area contributed by atoms with Gasteiger partial charge in [0, 0.05) is 19.0 Å². The van der Waals surface area contributed by atoms with Crippen LogP contribution in [-0.2, 0) is 4.74 Å². The molecule has 0 saturated carbocycles. The first-order valence-corrected chi connectivity index (χ1v) is 5.57. The van der Waals surface area contributed by atoms with Crippen molar-refractivity contribution in [2.24, 2.45) is 0 Å². The first-order valence-electron chi connectivity index (χ1n) is 5.57. The summed E-state index contributed by atoms with van der Waals surface area (Å²) in [6.07, 6.45) is 8.80. The van der Waals surface area contributed by atoms with Gasteiger partial charge in [0.1, 0.15) is 0 Å². The lowest BCUT2D eigenvalue weighted by molar-refractivity contribution is -0.0558. The summed E-state index contributed by atoms with van der Waals surface area (Å²) < 4.78 is 5.64. The van der Waals surface area contributed by atoms with Gasteiger partial charge in [0.15, 0.2) is 0 Å². The Bertz CT molecular complexity index is 197. The van der Waals surface area contributed by atoms with E-state index in [9.17, 15) is 0 Å². The average molecular weight is 195 g/mol. The molecule has 1 aliphatic heterocycles. The molecule has 0 aromatic rings. The van der Waals surface area contributed by atoms with Gasteiger partial charge in [-0.1, -0.05) is 6.92 Å². The predicted molar refractivity (Wildman–Crippen MR) is 59.1 cm³/mol. The van der Waals surface area contributed by atoms with Gasteiger partial charge in [-0.25, -0.2) is 0 Å². The quantitative estimate of drug-likeness (QED) is 0.502. The van der Waals surface area contributed by atoms with E-state index in [1.165, 1.54) is 6.42 Å². The van der Waals surface area contributed by atoms with Gasteiger partial charge in [0.05, 0.1) is 12.7 Å². The van der Waals surface area contributed by atoms with Crippen molar-refractivity contribution < 1.29 is 4.74 Å². The van der Waals surface area contributed by atoms with E-state index in [-0.39, 0.29) is 0 Å². The van der Waals surface area contributed by atoms with E-state index in [0.717, 1.165) is 32.5 Å². The number of rotatable bonds is 4. The van der Waals surface area contributed by atoms with Crippen LogP contribution in [0.15, 0.2) is 0 Å². The van der Waals surface area contributed by atoms with Gasteiger partial charge in [-0.2, -0.15) is 0 Å². The molecule has 0 N–H and O–H groups in total. The molecule has 1 fully saturated rings. The topological polar surface area (TPSA) is 12.5 Å². The van der Waals surface area contributed by atoms with Crippen LogP contribution in [-0.4, -0.2) is 36.7 Å². The van der Waals surface area contributed by atoms with Crippen LogP contribution in [0.25, 0.3) is 0 Å². The Balaban J connectivity index is 2.33. The molecule has 1 heterocycles. The molecule has 1 rings (SSSR count). The minimum absolute atomic E-state index is 0.378. The maximum Gasteiger partial charge on any atom is 0.0674 e. The SMILES string of the molecule is C#CCCCN1CC(C)OCC1CC. The standard InChI is InChI=1S/C12H21NO/c1-4-6-7-8-13-9-11(3)14-10-12(13)5-2/h1,11-12H,5-10H2,2-3H3. The molecule has 80 valence electrons. The van der Waals surface area contributed by atoms with Crippen molar-refractivity contribution in [3.05, 3.63) is 0 Å². The van der Waals surface area contributed by atoms with Gasteiger partial charge >= 0.3 is 0 Å². The number of hydrogen-bond acceptors (Lipinski definition) is 2. The zero-order valence-electron chi connectivity index (χ0n) is 9.33. The maximum absolute atomic E-state index is 5.64. The van der Waals surface area contributed by atoms with Gasteiger partial charge in [0.2, 0.25) is 0 Å². The number of unbranched alkanes of at least 4 members (excludes halogenated alkanes) is 1. The largest absolute Gasteiger partial charge is 0.376 e. The third kappa shape index (κ3) is 3.32. The van der Waals surface area contributed by atoms with E-state index in [4.69, 9.17) is 11.2 Å². The molecule has 0 aliphatic carbocycles. The molecule has 1 saturated heterocycles. The third-order valence-corrected chi connectivity index (χ3v) is 2.82. The van der Waals surface area contributed by atoms with E-state index < -0.39 is 0 Å². The molecule has 0 aromatic carbocycles. The predicted octanol–water partition coefficient (Wildman–Crippen LogP) is 1.90. The zero-order valence-corrected chi connectivity index (χ0v) is 9.33. The van der Waals surface area contributed by atoms with Gasteiger partial charge in [0.25, 0.3) is 0 Å². The Labute approximate surface area is 87.6 Å². The van der Waals surface area contributed by atoms with Crippen molar-refractivity contribution in [2.45, 2.75) is 45.3 Å². The highest BCUT2D eigenvalue weighted by atomic mass is 16.5. The van der Waals surface area contributed by atoms with Crippen molar-refractivity contribution >= 4 is 0 Å². The van der Waals surface area contributed by atoms with Crippen LogP contribution in [0.5, 0.6) is 0 Å². The number of terminal acetylenes is 1. The first-order chi connectivity index (χ1) is 6.77. The second-order valence-corrected chi connectivity index (χ2v) is 4.01. The molecule has 0 amide bonds. The third-order valence-electron chi connectivity index (χ3n) is 2.82. The second kappa shape index (κ2) is 6.06. The van der Waals surface area contributed by atoms with Crippen LogP contribution in [0.3, 0.4) is 0 Å². The molecule has 1 aliphatic rings. The molecule has 2 unspecified atom stereocenters. The maximum atomic E-state index is 5.64. The highest BCUT2D eigenvalue weighted by Crippen LogP contribution is 2.14. The van der Waals surface area contributed by atoms with E-state index in [2.05, 4.69) is 24.7 Å². The van der Waals surface area contributed by atoms with Gasteiger partial charge < -0.3 is 4.74 Å². The summed E-state index contributed by atoms with van der Waals surface area (Å²) in [5.41, 5.74) is 0. The van der Waals surface area contributed by atoms with Crippen LogP contribution >= 0.6 is 0 Å². The number of ether oxygens (including phenoxy) is 1. The van der Waals surface area contributed by atoms with Crippen molar-refractivity contribution in [1.29, 1.82) is 0 Å². The Morgan fingerprint density at radius 1 is 1.57 bits per heavy atom. The van der Waals surface area contributed by atoms with Crippen LogP contribution in [0.4, 0.5) is 0 Å². The van der Waals surface area contributed by atoms with E-state index in [1.54, 1.807) is 0 Å². The minimum Gasteiger partial charge on any atom is -0.376 e. The lowest BCUT2D eigenvalue weighted by Crippen LogP contribution is -2.48. The first kappa shape index (κ1) is 11.6. The number of nitrogens with zero attached hydrogens (tertiary/aromatic N) is 1. The molecule has 2 heteroatoms. The number of hydrogen-bond donors (Lipinski definition) is 0. The molecule has 0 aromatic heterocycles. The van der Waals surface area contributed by atoms with Crippen molar-refractivity contribution in [3.8, 4) is 12.3 Å². The lowest BCUT2D eigenvalue weighted by Gasteiger charge is -2.38. The van der Waals surface area contributed by atoms with Gasteiger partial charge in [-0.05, 0) is 26.3 Å². The van der Waals surface area contributed by atoms with Crippen LogP contribution in [0.1, 0.15) is 33.1 Å². The molecular weight excluding hydrogens is 174 g/mol. The Hall–Kier alpha value is -0.520. The fourth-order valence-electron chi connectivity index (χ4n) is 1.95. The summed E-state index contributed by atoms with van der Waals surface area (Å²) in [7, 11) is 0. The molecule has 0 bridgehead atoms. The van der Waals surface area contributed by atoms with Crippen molar-refractivity contribution in [3.63, 3.8) is 0 Å². The average Bonchev–Trinajstić information content (AvgIpc) is 2.19. The van der Waals surface area contributed by atoms with Crippen LogP contribution < -0.4 is 0 Å². The van der Waals surface area contributed by atoms with Gasteiger partial charge in [-0.3, -0.25) is 4.90 Å². The molecule has 0 spiro atoms. The van der Waals surface area contributed by atoms with E-state index in [0.29, 0.717) is 12.1 Å². The molecule has 14 heavy (non-hydrogen) atoms. The fraction of sp³-hybridized carbons (Fsp3) is 0.833. The zero-order chi connectivity index (χ0) is 10.4. The van der Waals surface area contributed by atoms with Crippen LogP contribution in [0.2, 0.25) is 0 Å². The normalized spacial score (nSPS) is 28.6. The monoisotopic (exact) mass is 195 g/mol. The Kier molecular flexibility index (Phi) is 5.00. The molecule has 2 atom stereocenters. The van der Waals surface area contributed by atoms with E-state index >= 15 is 0 Å². The van der Waals surface area contributed by atoms with Crippen LogP contribution in [0, 0.1) is 12.3 Å². The Morgan fingerprint density at radius 2 is 2.36 bits per heavy atom. The summed E-state index contributed by atoms with van der Waals surface area (Å²) in [6.45, 7) is 7.42. The van der Waals surface area contributed by atoms with Gasteiger partial charge in [-0.15, -0.1) is 12.3 Å². The highest BCUT2D eigenvalue weighted by molar-refractivity contribution is 4.85. The summed E-state index contributed by atoms with van der Waals surface area (Å²) in [6, 6.07) is 0.601. The van der Waals surface area contributed by atoms with E-state index in [1.807, 2.05) is 0 Å². The summed E-state index contributed by atoms with van der Waals surface area (Å²) in [4.78, 5) is 2.52. The summed E-state index contributed by atoms with van der Waals surface area (Å²) >= 11 is 0. The fourth-order valence-corrected chi connectivity index (χ4v) is 1.95. The smallest absolute Gasteiger partial charge is 0.0674 e. The second-order valence-electron chi connectivity index (χ2n) is 4.01.